The first-order valence-electron chi connectivity index (χ1n) is 18.1. The zero-order chi connectivity index (χ0) is 36.5. The van der Waals surface area contributed by atoms with Crippen molar-refractivity contribution in [2.75, 3.05) is 25.2 Å². The van der Waals surface area contributed by atoms with E-state index in [1.54, 1.807) is 58.0 Å². The summed E-state index contributed by atoms with van der Waals surface area (Å²) >= 11 is 2.04. The molecule has 3 atom stereocenters. The predicted molar refractivity (Wildman–Crippen MR) is 201 cm³/mol. The van der Waals surface area contributed by atoms with E-state index in [1.807, 2.05) is 24.8 Å². The molecule has 0 unspecified atom stereocenters. The lowest BCUT2D eigenvalue weighted by molar-refractivity contribution is -0.184. The number of allylic oxidation sites excluding steroid dienone is 1. The highest BCUT2D eigenvalue weighted by atomic mass is 32.2. The largest absolute Gasteiger partial charge is 0.481 e. The van der Waals surface area contributed by atoms with Gasteiger partial charge < -0.3 is 24.6 Å². The molecular weight excluding hydrogens is 639 g/mol. The number of amides is 1. The van der Waals surface area contributed by atoms with E-state index < -0.39 is 41.0 Å². The second-order valence-electron chi connectivity index (χ2n) is 13.5. The van der Waals surface area contributed by atoms with Crippen LogP contribution in [0.1, 0.15) is 124 Å². The maximum Gasteiger partial charge on any atom is 0.339 e. The summed E-state index contributed by atoms with van der Waals surface area (Å²) in [5, 5.41) is 14.6. The topological polar surface area (TPSA) is 111 Å². The van der Waals surface area contributed by atoms with Crippen LogP contribution in [0, 0.1) is 17.8 Å². The highest BCUT2D eigenvalue weighted by molar-refractivity contribution is 7.99. The second-order valence-corrected chi connectivity index (χ2v) is 14.7. The normalized spacial score (nSPS) is 13.9. The third kappa shape index (κ3) is 18.6. The van der Waals surface area contributed by atoms with Gasteiger partial charge in [-0.3, -0.25) is 4.79 Å². The van der Waals surface area contributed by atoms with Gasteiger partial charge in [0.05, 0.1) is 13.0 Å². The molecule has 1 aromatic carbocycles. The third-order valence-electron chi connectivity index (χ3n) is 7.96. The van der Waals surface area contributed by atoms with Crippen molar-refractivity contribution >= 4 is 29.6 Å². The Labute approximate surface area is 300 Å². The number of carbonyl (C=O) groups excluding carboxylic acids is 3. The number of hydrogen-bond acceptors (Lipinski definition) is 8. The van der Waals surface area contributed by atoms with Gasteiger partial charge in [0.15, 0.2) is 5.60 Å². The molecule has 2 N–H and O–H groups in total. The molecular formula is C40H63NO7S. The Balaban J connectivity index is 3.00. The summed E-state index contributed by atoms with van der Waals surface area (Å²) in [6, 6.07) is 6.09. The van der Waals surface area contributed by atoms with Crippen LogP contribution in [-0.2, 0) is 30.3 Å². The van der Waals surface area contributed by atoms with E-state index in [1.165, 1.54) is 57.1 Å². The van der Waals surface area contributed by atoms with E-state index in [9.17, 15) is 19.5 Å². The average molecular weight is 702 g/mol. The van der Waals surface area contributed by atoms with E-state index in [4.69, 9.17) is 14.2 Å². The van der Waals surface area contributed by atoms with Crippen molar-refractivity contribution in [2.24, 2.45) is 5.92 Å². The predicted octanol–water partition coefficient (Wildman–Crippen LogP) is 7.99. The van der Waals surface area contributed by atoms with Crippen LogP contribution in [0.3, 0.4) is 0 Å². The molecule has 0 radical (unpaired) electrons. The van der Waals surface area contributed by atoms with Crippen molar-refractivity contribution in [2.45, 2.75) is 142 Å². The van der Waals surface area contributed by atoms with Crippen molar-refractivity contribution in [3.63, 3.8) is 0 Å². The summed E-state index contributed by atoms with van der Waals surface area (Å²) in [5.74, 6) is 5.22. The van der Waals surface area contributed by atoms with E-state index in [0.717, 1.165) is 24.8 Å². The molecule has 0 saturated heterocycles. The minimum absolute atomic E-state index is 0.00731. The lowest BCUT2D eigenvalue weighted by atomic mass is 9.81. The first kappa shape index (κ1) is 44.1. The lowest BCUT2D eigenvalue weighted by Gasteiger charge is -2.34. The molecule has 0 saturated carbocycles. The molecule has 0 spiro atoms. The number of rotatable bonds is 25. The van der Waals surface area contributed by atoms with E-state index in [2.05, 4.69) is 24.1 Å². The van der Waals surface area contributed by atoms with Gasteiger partial charge in [0.1, 0.15) is 24.0 Å². The van der Waals surface area contributed by atoms with Crippen LogP contribution in [0.2, 0.25) is 0 Å². The van der Waals surface area contributed by atoms with Gasteiger partial charge in [0.2, 0.25) is 5.91 Å². The SMILES string of the molecule is CC#CCOc1ccc(C[C@H](NC(=O)[C@@H](/C=C/CCCCCCSCCCCCCC)[C@@](O)(CCC)C(=O)OC(C)(C)C)C(=O)OC)cc1. The van der Waals surface area contributed by atoms with Crippen LogP contribution in [0.4, 0.5) is 0 Å². The Morgan fingerprint density at radius 1 is 0.939 bits per heavy atom. The van der Waals surface area contributed by atoms with Crippen LogP contribution in [-0.4, -0.2) is 65.4 Å². The number of unbranched alkanes of at least 4 members (excludes halogenated alkanes) is 8. The first-order valence-corrected chi connectivity index (χ1v) is 19.3. The molecule has 1 amide bonds. The summed E-state index contributed by atoms with van der Waals surface area (Å²) in [4.78, 5) is 40.3. The molecule has 0 bridgehead atoms. The Morgan fingerprint density at radius 3 is 2.14 bits per heavy atom. The fourth-order valence-electron chi connectivity index (χ4n) is 5.30. The highest BCUT2D eigenvalue weighted by Crippen LogP contribution is 2.30. The molecule has 0 aliphatic carbocycles. The van der Waals surface area contributed by atoms with Gasteiger partial charge in [-0.1, -0.05) is 89.0 Å². The summed E-state index contributed by atoms with van der Waals surface area (Å²) < 4.78 is 16.2. The number of hydrogen-bond donors (Lipinski definition) is 2. The fraction of sp³-hybridized carbons (Fsp3) is 0.675. The van der Waals surface area contributed by atoms with Gasteiger partial charge in [-0.2, -0.15) is 11.8 Å². The molecule has 49 heavy (non-hydrogen) atoms. The Hall–Kier alpha value is -2.96. The van der Waals surface area contributed by atoms with Crippen molar-refractivity contribution < 1.29 is 33.7 Å². The van der Waals surface area contributed by atoms with Gasteiger partial charge in [-0.15, -0.1) is 5.92 Å². The molecule has 0 heterocycles. The molecule has 1 aromatic rings. The van der Waals surface area contributed by atoms with Gasteiger partial charge in [0.25, 0.3) is 0 Å². The monoisotopic (exact) mass is 701 g/mol. The van der Waals surface area contributed by atoms with E-state index in [-0.39, 0.29) is 19.4 Å². The van der Waals surface area contributed by atoms with Crippen LogP contribution >= 0.6 is 11.8 Å². The number of thioether (sulfide) groups is 1. The number of methoxy groups -OCH3 is 1. The molecule has 0 aliphatic rings. The van der Waals surface area contributed by atoms with Crippen molar-refractivity contribution in [1.82, 2.24) is 5.32 Å². The number of carbonyl (C=O) groups is 3. The summed E-state index contributed by atoms with van der Waals surface area (Å²) in [5.41, 5.74) is -2.24. The zero-order valence-corrected chi connectivity index (χ0v) is 32.1. The molecule has 1 rings (SSSR count). The second kappa shape index (κ2) is 25.1. The van der Waals surface area contributed by atoms with Gasteiger partial charge in [0, 0.05) is 6.42 Å². The number of nitrogens with one attached hydrogen (secondary N) is 1. The minimum atomic E-state index is -2.13. The molecule has 0 aromatic heterocycles. The number of ether oxygens (including phenoxy) is 3. The lowest BCUT2D eigenvalue weighted by Crippen LogP contribution is -2.56. The number of aliphatic hydroxyl groups is 1. The maximum atomic E-state index is 13.9. The summed E-state index contributed by atoms with van der Waals surface area (Å²) in [7, 11) is 1.26. The summed E-state index contributed by atoms with van der Waals surface area (Å²) in [6.07, 6.45) is 15.6. The van der Waals surface area contributed by atoms with Crippen LogP contribution < -0.4 is 10.1 Å². The number of benzene rings is 1. The molecule has 0 aliphatic heterocycles. The average Bonchev–Trinajstić information content (AvgIpc) is 3.06. The maximum absolute atomic E-state index is 13.9. The third-order valence-corrected chi connectivity index (χ3v) is 9.12. The minimum Gasteiger partial charge on any atom is -0.481 e. The van der Waals surface area contributed by atoms with Gasteiger partial charge in [-0.25, -0.2) is 9.59 Å². The molecule has 276 valence electrons. The number of esters is 2. The molecule has 8 nitrogen and oxygen atoms in total. The fourth-order valence-corrected chi connectivity index (χ4v) is 6.32. The quantitative estimate of drug-likeness (QED) is 0.0457. The Bertz CT molecular complexity index is 1180. The van der Waals surface area contributed by atoms with Crippen LogP contribution in [0.15, 0.2) is 36.4 Å². The highest BCUT2D eigenvalue weighted by Gasteiger charge is 2.49. The molecule has 9 heteroatoms. The standard InChI is InChI=1S/C40H63NO7S/c1-8-11-13-17-20-29-49-30-21-18-15-14-16-19-22-34(40(45,27-10-3)38(44)48-39(4,5)6)36(42)41-35(37(43)46-7)31-32-23-25-33(26-24-32)47-28-12-9-2/h19,22-26,34-35,45H,8,10-11,13-18,20-21,27-31H2,1-7H3,(H,41,42)/b22-19+/t34-,35+,40+/m1/s1. The Kier molecular flexibility index (Phi) is 22.5. The van der Waals surface area contributed by atoms with Crippen molar-refractivity contribution in [3.05, 3.63) is 42.0 Å². The zero-order valence-electron chi connectivity index (χ0n) is 31.2. The summed E-state index contributed by atoms with van der Waals surface area (Å²) in [6.45, 7) is 11.2. The van der Waals surface area contributed by atoms with E-state index in [0.29, 0.717) is 18.6 Å². The molecule has 0 fully saturated rings. The van der Waals surface area contributed by atoms with Gasteiger partial charge >= 0.3 is 11.9 Å². The smallest absolute Gasteiger partial charge is 0.339 e. The first-order chi connectivity index (χ1) is 23.4. The van der Waals surface area contributed by atoms with Gasteiger partial charge in [-0.05, 0) is 89.0 Å². The van der Waals surface area contributed by atoms with Crippen molar-refractivity contribution in [1.29, 1.82) is 0 Å². The van der Waals surface area contributed by atoms with Crippen LogP contribution in [0.25, 0.3) is 0 Å². The Morgan fingerprint density at radius 2 is 1.57 bits per heavy atom. The van der Waals surface area contributed by atoms with Crippen molar-refractivity contribution in [3.8, 4) is 17.6 Å². The van der Waals surface area contributed by atoms with E-state index >= 15 is 0 Å². The van der Waals surface area contributed by atoms with Crippen LogP contribution in [0.5, 0.6) is 5.75 Å².